The molecule has 3 nitrogen and oxygen atoms in total. The smallest absolute Gasteiger partial charge is 0.221 e. The highest BCUT2D eigenvalue weighted by Crippen LogP contribution is 2.23. The summed E-state index contributed by atoms with van der Waals surface area (Å²) in [4.78, 5) is 13.6. The summed E-state index contributed by atoms with van der Waals surface area (Å²) in [6, 6.07) is 5.83. The van der Waals surface area contributed by atoms with Crippen LogP contribution in [0.1, 0.15) is 24.8 Å². The Labute approximate surface area is 130 Å². The van der Waals surface area contributed by atoms with Crippen LogP contribution in [0.5, 0.6) is 0 Å². The summed E-state index contributed by atoms with van der Waals surface area (Å²) in [5.41, 5.74) is 1.23. The average Bonchev–Trinajstić information content (AvgIpc) is 2.64. The Kier molecular flexibility index (Phi) is 6.14. The molecular formula is C15H20Cl2N2O. The maximum atomic E-state index is 11.2. The third-order valence-corrected chi connectivity index (χ3v) is 4.32. The Morgan fingerprint density at radius 2 is 2.00 bits per heavy atom. The van der Waals surface area contributed by atoms with Crippen molar-refractivity contribution in [1.29, 1.82) is 0 Å². The number of rotatable bonds is 5. The molecule has 0 radical (unpaired) electrons. The molecule has 1 aliphatic rings. The lowest BCUT2D eigenvalue weighted by molar-refractivity contribution is -0.120. The molecule has 1 aromatic carbocycles. The van der Waals surface area contributed by atoms with Crippen LogP contribution < -0.4 is 5.32 Å². The monoisotopic (exact) mass is 314 g/mol. The van der Waals surface area contributed by atoms with Gasteiger partial charge in [0.2, 0.25) is 5.91 Å². The summed E-state index contributed by atoms with van der Waals surface area (Å²) in [5.74, 6) is 0.170. The minimum atomic E-state index is 0.170. The zero-order chi connectivity index (χ0) is 14.4. The van der Waals surface area contributed by atoms with E-state index in [1.54, 1.807) is 0 Å². The van der Waals surface area contributed by atoms with E-state index in [4.69, 9.17) is 23.2 Å². The summed E-state index contributed by atoms with van der Waals surface area (Å²) >= 11 is 11.9. The maximum absolute atomic E-state index is 11.2. The molecule has 20 heavy (non-hydrogen) atoms. The predicted octanol–water partition coefficient (Wildman–Crippen LogP) is 3.14. The Morgan fingerprint density at radius 3 is 2.80 bits per heavy atom. The van der Waals surface area contributed by atoms with Gasteiger partial charge in [0.25, 0.3) is 0 Å². The minimum Gasteiger partial charge on any atom is -0.355 e. The fourth-order valence-corrected chi connectivity index (χ4v) is 2.72. The molecule has 1 aromatic rings. The van der Waals surface area contributed by atoms with Gasteiger partial charge in [0.15, 0.2) is 0 Å². The van der Waals surface area contributed by atoms with Crippen LogP contribution in [0.25, 0.3) is 0 Å². The Hall–Kier alpha value is -0.770. The molecule has 1 fully saturated rings. The topological polar surface area (TPSA) is 32.3 Å². The van der Waals surface area contributed by atoms with Gasteiger partial charge in [-0.25, -0.2) is 0 Å². The second-order valence-electron chi connectivity index (χ2n) is 5.15. The van der Waals surface area contributed by atoms with Crippen molar-refractivity contribution in [1.82, 2.24) is 10.2 Å². The number of carbonyl (C=O) groups excluding carboxylic acids is 1. The maximum Gasteiger partial charge on any atom is 0.221 e. The van der Waals surface area contributed by atoms with Crippen molar-refractivity contribution in [3.05, 3.63) is 33.8 Å². The van der Waals surface area contributed by atoms with E-state index in [-0.39, 0.29) is 5.91 Å². The van der Waals surface area contributed by atoms with Gasteiger partial charge in [-0.15, -0.1) is 0 Å². The van der Waals surface area contributed by atoms with Crippen molar-refractivity contribution in [3.8, 4) is 0 Å². The number of aryl methyl sites for hydroxylation is 1. The van der Waals surface area contributed by atoms with E-state index in [0.717, 1.165) is 45.4 Å². The first kappa shape index (κ1) is 15.6. The molecule has 0 atom stereocenters. The first-order valence-corrected chi connectivity index (χ1v) is 7.84. The van der Waals surface area contributed by atoms with Gasteiger partial charge in [-0.1, -0.05) is 29.3 Å². The van der Waals surface area contributed by atoms with Gasteiger partial charge in [0.05, 0.1) is 10.0 Å². The van der Waals surface area contributed by atoms with Crippen LogP contribution in [0.15, 0.2) is 18.2 Å². The summed E-state index contributed by atoms with van der Waals surface area (Å²) in [6.07, 6.45) is 3.89. The van der Waals surface area contributed by atoms with Crippen molar-refractivity contribution >= 4 is 29.1 Å². The highest BCUT2D eigenvalue weighted by molar-refractivity contribution is 6.42. The van der Waals surface area contributed by atoms with E-state index in [0.29, 0.717) is 16.5 Å². The number of amides is 1. The molecular weight excluding hydrogens is 295 g/mol. The van der Waals surface area contributed by atoms with Gasteiger partial charge in [-0.05, 0) is 43.5 Å². The molecule has 5 heteroatoms. The Bertz CT molecular complexity index is 465. The van der Waals surface area contributed by atoms with Gasteiger partial charge in [-0.3, -0.25) is 4.79 Å². The first-order chi connectivity index (χ1) is 9.65. The number of unbranched alkanes of at least 4 members (excludes halogenated alkanes) is 1. The lowest BCUT2D eigenvalue weighted by Gasteiger charge is -2.18. The molecule has 0 spiro atoms. The van der Waals surface area contributed by atoms with Crippen LogP contribution in [0.4, 0.5) is 0 Å². The largest absolute Gasteiger partial charge is 0.355 e. The summed E-state index contributed by atoms with van der Waals surface area (Å²) < 4.78 is 0. The van der Waals surface area contributed by atoms with Crippen LogP contribution in [0.2, 0.25) is 10.0 Å². The van der Waals surface area contributed by atoms with Crippen LogP contribution in [0, 0.1) is 0 Å². The third-order valence-electron chi connectivity index (χ3n) is 3.58. The lowest BCUT2D eigenvalue weighted by atomic mass is 10.1. The molecule has 0 unspecified atom stereocenters. The first-order valence-electron chi connectivity index (χ1n) is 7.08. The van der Waals surface area contributed by atoms with Crippen LogP contribution in [0.3, 0.4) is 0 Å². The number of hydrogen-bond donors (Lipinski definition) is 1. The molecule has 1 saturated heterocycles. The summed E-state index contributed by atoms with van der Waals surface area (Å²) in [6.45, 7) is 3.65. The standard InChI is InChI=1S/C15H20Cl2N2O/c16-13-5-4-12(11-14(13)17)3-1-2-8-19-9-6-15(20)18-7-10-19/h4-5,11H,1-3,6-10H2,(H,18,20). The van der Waals surface area contributed by atoms with E-state index >= 15 is 0 Å². The highest BCUT2D eigenvalue weighted by Gasteiger charge is 2.12. The quantitative estimate of drug-likeness (QED) is 0.847. The zero-order valence-corrected chi connectivity index (χ0v) is 13.0. The minimum absolute atomic E-state index is 0.170. The molecule has 2 rings (SSSR count). The van der Waals surface area contributed by atoms with Gasteiger partial charge < -0.3 is 10.2 Å². The molecule has 1 heterocycles. The molecule has 1 amide bonds. The van der Waals surface area contributed by atoms with Crippen LogP contribution >= 0.6 is 23.2 Å². The number of hydrogen-bond acceptors (Lipinski definition) is 2. The number of carbonyl (C=O) groups is 1. The lowest BCUT2D eigenvalue weighted by Crippen LogP contribution is -2.29. The predicted molar refractivity (Wildman–Crippen MR) is 83.5 cm³/mol. The number of nitrogens with one attached hydrogen (secondary N) is 1. The fraction of sp³-hybridized carbons (Fsp3) is 0.533. The molecule has 1 aliphatic heterocycles. The third kappa shape index (κ3) is 4.97. The molecule has 1 N–H and O–H groups in total. The molecule has 110 valence electrons. The van der Waals surface area contributed by atoms with Gasteiger partial charge in [0, 0.05) is 26.1 Å². The molecule has 0 aliphatic carbocycles. The number of nitrogens with zero attached hydrogens (tertiary/aromatic N) is 1. The van der Waals surface area contributed by atoms with Crippen molar-refractivity contribution in [2.24, 2.45) is 0 Å². The molecule has 0 aromatic heterocycles. The molecule has 0 saturated carbocycles. The van der Waals surface area contributed by atoms with Crippen molar-refractivity contribution in [3.63, 3.8) is 0 Å². The Morgan fingerprint density at radius 1 is 1.15 bits per heavy atom. The van der Waals surface area contributed by atoms with E-state index in [9.17, 15) is 4.79 Å². The van der Waals surface area contributed by atoms with E-state index < -0.39 is 0 Å². The van der Waals surface area contributed by atoms with Crippen LogP contribution in [-0.2, 0) is 11.2 Å². The van der Waals surface area contributed by atoms with Crippen molar-refractivity contribution in [2.45, 2.75) is 25.7 Å². The average molecular weight is 315 g/mol. The summed E-state index contributed by atoms with van der Waals surface area (Å²) in [7, 11) is 0. The van der Waals surface area contributed by atoms with Gasteiger partial charge in [-0.2, -0.15) is 0 Å². The SMILES string of the molecule is O=C1CCN(CCCCc2ccc(Cl)c(Cl)c2)CCN1. The number of halogens is 2. The highest BCUT2D eigenvalue weighted by atomic mass is 35.5. The Balaban J connectivity index is 1.68. The van der Waals surface area contributed by atoms with Crippen molar-refractivity contribution in [2.75, 3.05) is 26.2 Å². The molecule has 0 bridgehead atoms. The van der Waals surface area contributed by atoms with Crippen LogP contribution in [-0.4, -0.2) is 37.0 Å². The van der Waals surface area contributed by atoms with Crippen molar-refractivity contribution < 1.29 is 4.79 Å². The van der Waals surface area contributed by atoms with E-state index in [1.165, 1.54) is 5.56 Å². The second kappa shape index (κ2) is 7.87. The summed E-state index contributed by atoms with van der Waals surface area (Å²) in [5, 5.41) is 4.13. The second-order valence-corrected chi connectivity index (χ2v) is 5.96. The van der Waals surface area contributed by atoms with Gasteiger partial charge in [0.1, 0.15) is 0 Å². The van der Waals surface area contributed by atoms with E-state index in [2.05, 4.69) is 10.2 Å². The zero-order valence-electron chi connectivity index (χ0n) is 11.5. The number of benzene rings is 1. The van der Waals surface area contributed by atoms with E-state index in [1.807, 2.05) is 18.2 Å². The van der Waals surface area contributed by atoms with Gasteiger partial charge >= 0.3 is 0 Å². The normalized spacial score (nSPS) is 16.8. The fourth-order valence-electron chi connectivity index (χ4n) is 2.40.